The van der Waals surface area contributed by atoms with Crippen LogP contribution >= 0.6 is 7.92 Å². The molecule has 0 saturated carbocycles. The van der Waals surface area contributed by atoms with Gasteiger partial charge in [0.2, 0.25) is 0 Å². The molecule has 0 unspecified atom stereocenters. The maximum atomic E-state index is 10.1. The van der Waals surface area contributed by atoms with Gasteiger partial charge in [-0.1, -0.05) is 91.0 Å². The Morgan fingerprint density at radius 2 is 1.31 bits per heavy atom. The predicted molar refractivity (Wildman–Crippen MR) is 125 cm³/mol. The van der Waals surface area contributed by atoms with Gasteiger partial charge in [-0.3, -0.25) is 4.99 Å². The smallest absolute Gasteiger partial charge is 0.141 e. The monoisotopic (exact) mass is 395 g/mol. The maximum Gasteiger partial charge on any atom is 0.141 e. The van der Waals surface area contributed by atoms with Crippen LogP contribution in [0.4, 0.5) is 5.69 Å². The lowest BCUT2D eigenvalue weighted by atomic mass is 10.2. The van der Waals surface area contributed by atoms with Gasteiger partial charge in [-0.05, 0) is 48.5 Å². The van der Waals surface area contributed by atoms with E-state index in [1.165, 1.54) is 15.9 Å². The second-order valence-electron chi connectivity index (χ2n) is 6.82. The molecule has 0 aliphatic heterocycles. The van der Waals surface area contributed by atoms with E-state index in [-0.39, 0.29) is 5.75 Å². The molecule has 0 aliphatic rings. The fourth-order valence-electron chi connectivity index (χ4n) is 3.26. The number of aryl methyl sites for hydroxylation is 1. The molecule has 4 rings (SSSR count). The van der Waals surface area contributed by atoms with Crippen molar-refractivity contribution in [3.8, 4) is 5.75 Å². The summed E-state index contributed by atoms with van der Waals surface area (Å²) in [6.07, 6.45) is 1.87. The SMILES string of the molecule is Cc1ccc(O)c(N=Cc2ccccc2P(c2ccccc2)c2ccccc2)c1. The molecule has 0 amide bonds. The molecule has 2 nitrogen and oxygen atoms in total. The number of hydrogen-bond donors (Lipinski definition) is 1. The molecule has 0 heterocycles. The fourth-order valence-corrected chi connectivity index (χ4v) is 5.68. The molecule has 0 spiro atoms. The maximum absolute atomic E-state index is 10.1. The van der Waals surface area contributed by atoms with Crippen molar-refractivity contribution in [3.63, 3.8) is 0 Å². The molecule has 1 N–H and O–H groups in total. The Morgan fingerprint density at radius 1 is 0.724 bits per heavy atom. The summed E-state index contributed by atoms with van der Waals surface area (Å²) in [6, 6.07) is 35.1. The zero-order valence-electron chi connectivity index (χ0n) is 16.2. The van der Waals surface area contributed by atoms with E-state index in [0.717, 1.165) is 11.1 Å². The first-order valence-electron chi connectivity index (χ1n) is 9.55. The summed E-state index contributed by atoms with van der Waals surface area (Å²) in [5.41, 5.74) is 2.72. The molecular weight excluding hydrogens is 373 g/mol. The Labute approximate surface area is 173 Å². The summed E-state index contributed by atoms with van der Waals surface area (Å²) < 4.78 is 0. The van der Waals surface area contributed by atoms with Crippen LogP contribution in [-0.2, 0) is 0 Å². The zero-order chi connectivity index (χ0) is 20.1. The van der Waals surface area contributed by atoms with Crippen LogP contribution in [0.3, 0.4) is 0 Å². The normalized spacial score (nSPS) is 11.2. The van der Waals surface area contributed by atoms with E-state index in [1.807, 2.05) is 31.3 Å². The van der Waals surface area contributed by atoms with Gasteiger partial charge in [0.15, 0.2) is 0 Å². The summed E-state index contributed by atoms with van der Waals surface area (Å²) in [5.74, 6) is 0.192. The van der Waals surface area contributed by atoms with Crippen LogP contribution in [0.2, 0.25) is 0 Å². The van der Waals surface area contributed by atoms with Gasteiger partial charge in [0, 0.05) is 11.8 Å². The van der Waals surface area contributed by atoms with E-state index in [9.17, 15) is 5.11 Å². The molecule has 0 aliphatic carbocycles. The fraction of sp³-hybridized carbons (Fsp3) is 0.0385. The van der Waals surface area contributed by atoms with Gasteiger partial charge in [0.1, 0.15) is 11.4 Å². The Kier molecular flexibility index (Phi) is 5.84. The second-order valence-corrected chi connectivity index (χ2v) is 9.00. The minimum atomic E-state index is -0.715. The van der Waals surface area contributed by atoms with Crippen molar-refractivity contribution >= 4 is 35.7 Å². The molecule has 29 heavy (non-hydrogen) atoms. The van der Waals surface area contributed by atoms with Crippen molar-refractivity contribution in [1.82, 2.24) is 0 Å². The van der Waals surface area contributed by atoms with Gasteiger partial charge in [-0.2, -0.15) is 0 Å². The molecule has 0 bridgehead atoms. The number of rotatable bonds is 5. The van der Waals surface area contributed by atoms with Crippen molar-refractivity contribution < 1.29 is 5.11 Å². The Hall–Kier alpha value is -3.22. The number of hydrogen-bond acceptors (Lipinski definition) is 2. The first-order valence-corrected chi connectivity index (χ1v) is 10.9. The van der Waals surface area contributed by atoms with Crippen molar-refractivity contribution in [3.05, 3.63) is 114 Å². The van der Waals surface area contributed by atoms with Gasteiger partial charge in [0.05, 0.1) is 0 Å². The summed E-state index contributed by atoms with van der Waals surface area (Å²) in [4.78, 5) is 4.60. The summed E-state index contributed by atoms with van der Waals surface area (Å²) in [5, 5.41) is 14.0. The summed E-state index contributed by atoms with van der Waals surface area (Å²) >= 11 is 0. The van der Waals surface area contributed by atoms with E-state index in [2.05, 4.69) is 83.9 Å². The Morgan fingerprint density at radius 3 is 1.97 bits per heavy atom. The molecule has 3 heteroatoms. The van der Waals surface area contributed by atoms with Gasteiger partial charge in [-0.25, -0.2) is 0 Å². The Balaban J connectivity index is 1.81. The zero-order valence-corrected chi connectivity index (χ0v) is 17.1. The van der Waals surface area contributed by atoms with Crippen LogP contribution in [0.5, 0.6) is 5.75 Å². The highest BCUT2D eigenvalue weighted by atomic mass is 31.1. The molecule has 0 saturated heterocycles. The predicted octanol–water partition coefficient (Wildman–Crippen LogP) is 5.21. The number of nitrogens with zero attached hydrogens (tertiary/aromatic N) is 1. The third-order valence-electron chi connectivity index (χ3n) is 4.68. The third-order valence-corrected chi connectivity index (χ3v) is 7.20. The average molecular weight is 395 g/mol. The number of aliphatic imine (C=N–C) groups is 1. The molecule has 0 aromatic heterocycles. The van der Waals surface area contributed by atoms with Gasteiger partial charge >= 0.3 is 0 Å². The highest BCUT2D eigenvalue weighted by Crippen LogP contribution is 2.34. The first-order chi connectivity index (χ1) is 14.2. The van der Waals surface area contributed by atoms with Crippen LogP contribution in [-0.4, -0.2) is 11.3 Å². The number of aromatic hydroxyl groups is 1. The number of phenols is 1. The van der Waals surface area contributed by atoms with Crippen molar-refractivity contribution in [2.45, 2.75) is 6.92 Å². The third kappa shape index (κ3) is 4.45. The molecule has 0 fully saturated rings. The van der Waals surface area contributed by atoms with Crippen LogP contribution in [0, 0.1) is 6.92 Å². The largest absolute Gasteiger partial charge is 0.506 e. The highest BCUT2D eigenvalue weighted by molar-refractivity contribution is 7.80. The van der Waals surface area contributed by atoms with Crippen molar-refractivity contribution in [2.24, 2.45) is 4.99 Å². The van der Waals surface area contributed by atoms with Gasteiger partial charge in [-0.15, -0.1) is 0 Å². The van der Waals surface area contributed by atoms with Crippen LogP contribution < -0.4 is 15.9 Å². The van der Waals surface area contributed by atoms with Gasteiger partial charge in [0.25, 0.3) is 0 Å². The minimum Gasteiger partial charge on any atom is -0.506 e. The second kappa shape index (κ2) is 8.86. The standard InChI is InChI=1S/C26H22NOP/c1-20-16-17-25(28)24(18-20)27-19-21-10-8-9-15-26(21)29(22-11-4-2-5-12-22)23-13-6-3-7-14-23/h2-19,28H,1H3. The quantitative estimate of drug-likeness (QED) is 0.365. The van der Waals surface area contributed by atoms with E-state index < -0.39 is 7.92 Å². The average Bonchev–Trinajstić information content (AvgIpc) is 2.77. The molecule has 0 atom stereocenters. The lowest BCUT2D eigenvalue weighted by molar-refractivity contribution is 0.477. The molecule has 4 aromatic carbocycles. The molecule has 0 radical (unpaired) electrons. The molecular formula is C26H22NOP. The van der Waals surface area contributed by atoms with E-state index in [0.29, 0.717) is 5.69 Å². The van der Waals surface area contributed by atoms with E-state index in [4.69, 9.17) is 0 Å². The van der Waals surface area contributed by atoms with E-state index in [1.54, 1.807) is 6.07 Å². The number of phenolic OH excluding ortho intramolecular Hbond substituents is 1. The highest BCUT2D eigenvalue weighted by Gasteiger charge is 2.18. The molecule has 4 aromatic rings. The van der Waals surface area contributed by atoms with Gasteiger partial charge < -0.3 is 5.11 Å². The topological polar surface area (TPSA) is 32.6 Å². The van der Waals surface area contributed by atoms with Crippen molar-refractivity contribution in [2.75, 3.05) is 0 Å². The van der Waals surface area contributed by atoms with Crippen LogP contribution in [0.15, 0.2) is 108 Å². The summed E-state index contributed by atoms with van der Waals surface area (Å²) in [7, 11) is -0.715. The first kappa shape index (κ1) is 19.1. The molecule has 142 valence electrons. The lowest BCUT2D eigenvalue weighted by Crippen LogP contribution is -2.23. The minimum absolute atomic E-state index is 0.192. The lowest BCUT2D eigenvalue weighted by Gasteiger charge is -2.21. The number of benzene rings is 4. The van der Waals surface area contributed by atoms with E-state index >= 15 is 0 Å². The summed E-state index contributed by atoms with van der Waals surface area (Å²) in [6.45, 7) is 2.00. The van der Waals surface area contributed by atoms with Crippen LogP contribution in [0.1, 0.15) is 11.1 Å². The van der Waals surface area contributed by atoms with Crippen molar-refractivity contribution in [1.29, 1.82) is 0 Å². The Bertz CT molecular complexity index is 1080. The van der Waals surface area contributed by atoms with Crippen LogP contribution in [0.25, 0.3) is 0 Å².